The van der Waals surface area contributed by atoms with Crippen LogP contribution in [0.4, 0.5) is 34.1 Å². The van der Waals surface area contributed by atoms with E-state index in [1.54, 1.807) is 0 Å². The van der Waals surface area contributed by atoms with Crippen molar-refractivity contribution in [2.45, 2.75) is 0 Å². The summed E-state index contributed by atoms with van der Waals surface area (Å²) in [5.74, 6) is 6.34. The van der Waals surface area contributed by atoms with Crippen LogP contribution in [0.3, 0.4) is 0 Å². The zero-order valence-electron chi connectivity index (χ0n) is 60.8. The quantitative estimate of drug-likeness (QED) is 0.107. The SMILES string of the molecule is c1ccc(-c2ccc(N(c3ccc(-c4cccc(-c5cc(-c6ccc7c(c6)Oc6cc(N(c8ccccc8)c8ccccc8)cc8c6B7c6ccc(-c7ccc9ccccc9c7)cc6O8)cc6ccccc56)c4)cc3)c3cc4c5c(c3)Oc3cc(-c6ccccc6)ccc3B5c3ccc(-c5ccccc5)cc3O4)cc2)cc1. The minimum Gasteiger partial charge on any atom is -0.458 e. The Labute approximate surface area is 650 Å². The predicted octanol–water partition coefficient (Wildman–Crippen LogP) is 24.1. The maximum atomic E-state index is 7.33. The summed E-state index contributed by atoms with van der Waals surface area (Å²) >= 11 is 0. The number of hydrogen-bond acceptors (Lipinski definition) is 6. The highest BCUT2D eigenvalue weighted by atomic mass is 16.5. The summed E-state index contributed by atoms with van der Waals surface area (Å²) in [4.78, 5) is 4.60. The molecule has 22 rings (SSSR count). The van der Waals surface area contributed by atoms with E-state index in [1.165, 1.54) is 16.2 Å². The van der Waals surface area contributed by atoms with Gasteiger partial charge in [0.15, 0.2) is 0 Å². The molecule has 4 heterocycles. The molecule has 18 aromatic rings. The van der Waals surface area contributed by atoms with Crippen molar-refractivity contribution in [3.05, 3.63) is 400 Å². The summed E-state index contributed by atoms with van der Waals surface area (Å²) in [6.07, 6.45) is 0. The van der Waals surface area contributed by atoms with Gasteiger partial charge in [-0.25, -0.2) is 0 Å². The highest BCUT2D eigenvalue weighted by Crippen LogP contribution is 2.48. The minimum absolute atomic E-state index is 0.130. The molecule has 0 radical (unpaired) electrons. The molecule has 0 aliphatic carbocycles. The van der Waals surface area contributed by atoms with E-state index in [0.717, 1.165) is 196 Å². The van der Waals surface area contributed by atoms with Crippen molar-refractivity contribution in [3.63, 3.8) is 0 Å². The van der Waals surface area contributed by atoms with Gasteiger partial charge in [0.2, 0.25) is 0 Å². The van der Waals surface area contributed by atoms with E-state index >= 15 is 0 Å². The molecule has 0 fully saturated rings. The second-order valence-electron chi connectivity index (χ2n) is 29.4. The lowest BCUT2D eigenvalue weighted by atomic mass is 9.34. The molecule has 0 saturated heterocycles. The fourth-order valence-corrected chi connectivity index (χ4v) is 17.4. The van der Waals surface area contributed by atoms with Crippen LogP contribution in [-0.4, -0.2) is 13.4 Å². The first-order valence-electron chi connectivity index (χ1n) is 38.3. The number of nitrogens with zero attached hydrogens (tertiary/aromatic N) is 2. The molecule has 4 aliphatic rings. The maximum absolute atomic E-state index is 7.33. The Morgan fingerprint density at radius 2 is 0.473 bits per heavy atom. The number of benzene rings is 18. The minimum atomic E-state index is -0.165. The first kappa shape index (κ1) is 64.6. The van der Waals surface area contributed by atoms with Crippen molar-refractivity contribution >= 4 is 102 Å². The third-order valence-corrected chi connectivity index (χ3v) is 22.8. The van der Waals surface area contributed by atoms with Crippen LogP contribution in [0.5, 0.6) is 46.0 Å². The number of rotatable bonds is 13. The van der Waals surface area contributed by atoms with E-state index < -0.39 is 0 Å². The molecule has 112 heavy (non-hydrogen) atoms. The first-order chi connectivity index (χ1) is 55.4. The standard InChI is InChI=1S/C104H66B2N2O4/c1-6-21-67(22-7-1)71-39-47-85(48-40-71)108(88-65-101-104-102(66-88)110-96-60-77(69-25-10-3-11-26-69)44-52-92(96)105(104)91-51-43-76(59-95(91)109-101)68-23-8-2-9-24-68)86-49-41-72(42-50-86)74-30-20-31-81(56-74)90-58-82(57-80-29-18-19-36-89(80)90)79-46-54-94-98(62-79)112-100-64-87(107(83-32-12-4-13-33-83)84-34-14-5-15-35-84)63-99-103(100)106(94)93-53-45-78(61-97(93)111-99)75-38-37-70-27-16-17-28-73(70)55-75/h1-66H. The molecule has 4 aliphatic heterocycles. The third kappa shape index (κ3) is 11.3. The second-order valence-corrected chi connectivity index (χ2v) is 29.4. The molecule has 0 bridgehead atoms. The van der Waals surface area contributed by atoms with E-state index in [2.05, 4.69) is 410 Å². The number of para-hydroxylation sites is 2. The average Bonchev–Trinajstić information content (AvgIpc) is 0.721. The van der Waals surface area contributed by atoms with Crippen molar-refractivity contribution in [3.8, 4) is 124 Å². The Hall–Kier alpha value is -14.6. The molecule has 0 N–H and O–H groups in total. The zero-order chi connectivity index (χ0) is 73.7. The van der Waals surface area contributed by atoms with Gasteiger partial charge in [-0.15, -0.1) is 0 Å². The van der Waals surface area contributed by atoms with Crippen LogP contribution < -0.4 is 61.5 Å². The van der Waals surface area contributed by atoms with Crippen molar-refractivity contribution < 1.29 is 18.9 Å². The van der Waals surface area contributed by atoms with E-state index in [0.29, 0.717) is 0 Å². The Kier molecular flexibility index (Phi) is 15.4. The summed E-state index contributed by atoms with van der Waals surface area (Å²) in [5, 5.41) is 4.72. The van der Waals surface area contributed by atoms with Crippen molar-refractivity contribution in [2.75, 3.05) is 9.80 Å². The molecule has 0 aromatic heterocycles. The summed E-state index contributed by atoms with van der Waals surface area (Å²) in [7, 11) is 0. The Balaban J connectivity index is 0.631. The zero-order valence-corrected chi connectivity index (χ0v) is 60.8. The van der Waals surface area contributed by atoms with Gasteiger partial charge in [-0.3, -0.25) is 0 Å². The number of hydrogen-bond donors (Lipinski definition) is 0. The van der Waals surface area contributed by atoms with E-state index in [1.807, 2.05) is 0 Å². The summed E-state index contributed by atoms with van der Waals surface area (Å²) in [6.45, 7) is -0.296. The van der Waals surface area contributed by atoms with Crippen LogP contribution in [-0.2, 0) is 0 Å². The molecule has 0 amide bonds. The first-order valence-corrected chi connectivity index (χ1v) is 38.3. The van der Waals surface area contributed by atoms with Gasteiger partial charge in [0, 0.05) is 57.9 Å². The van der Waals surface area contributed by atoms with Crippen LogP contribution in [0.1, 0.15) is 0 Å². The lowest BCUT2D eigenvalue weighted by Gasteiger charge is -2.35. The van der Waals surface area contributed by atoms with Crippen LogP contribution in [0.15, 0.2) is 400 Å². The predicted molar refractivity (Wildman–Crippen MR) is 464 cm³/mol. The monoisotopic (exact) mass is 1430 g/mol. The fourth-order valence-electron chi connectivity index (χ4n) is 17.4. The molecule has 522 valence electrons. The van der Waals surface area contributed by atoms with Crippen molar-refractivity contribution in [1.82, 2.24) is 0 Å². The van der Waals surface area contributed by atoms with Crippen LogP contribution >= 0.6 is 0 Å². The summed E-state index contributed by atoms with van der Waals surface area (Å²) in [6, 6.07) is 144. The highest BCUT2D eigenvalue weighted by molar-refractivity contribution is 6.99. The third-order valence-electron chi connectivity index (χ3n) is 22.8. The lowest BCUT2D eigenvalue weighted by Crippen LogP contribution is -2.57. The topological polar surface area (TPSA) is 43.4 Å². The molecule has 8 heteroatoms. The van der Waals surface area contributed by atoms with Gasteiger partial charge in [0.05, 0.1) is 11.4 Å². The molecule has 0 atom stereocenters. The summed E-state index contributed by atoms with van der Waals surface area (Å²) < 4.78 is 29.0. The van der Waals surface area contributed by atoms with Gasteiger partial charge in [0.25, 0.3) is 13.4 Å². The van der Waals surface area contributed by atoms with Gasteiger partial charge in [-0.2, -0.15) is 0 Å². The molecule has 0 unspecified atom stereocenters. The number of anilines is 6. The molecule has 0 spiro atoms. The van der Waals surface area contributed by atoms with Gasteiger partial charge in [-0.1, -0.05) is 279 Å². The molecule has 18 aromatic carbocycles. The van der Waals surface area contributed by atoms with Crippen molar-refractivity contribution in [1.29, 1.82) is 0 Å². The largest absolute Gasteiger partial charge is 0.458 e. The lowest BCUT2D eigenvalue weighted by molar-refractivity contribution is 0.464. The maximum Gasteiger partial charge on any atom is 0.260 e. The Bertz CT molecular complexity index is 6610. The normalized spacial score (nSPS) is 12.4. The van der Waals surface area contributed by atoms with Gasteiger partial charge in [0.1, 0.15) is 46.0 Å². The highest BCUT2D eigenvalue weighted by Gasteiger charge is 2.43. The number of ether oxygens (including phenoxy) is 4. The van der Waals surface area contributed by atoms with E-state index in [9.17, 15) is 0 Å². The fraction of sp³-hybridized carbons (Fsp3) is 0. The van der Waals surface area contributed by atoms with Crippen molar-refractivity contribution in [2.24, 2.45) is 0 Å². The Morgan fingerprint density at radius 1 is 0.170 bits per heavy atom. The molecular formula is C104H66B2N2O4. The van der Waals surface area contributed by atoms with E-state index in [-0.39, 0.29) is 13.4 Å². The Morgan fingerprint density at radius 3 is 0.938 bits per heavy atom. The average molecular weight is 1430 g/mol. The van der Waals surface area contributed by atoms with Crippen LogP contribution in [0.2, 0.25) is 0 Å². The van der Waals surface area contributed by atoms with Gasteiger partial charge < -0.3 is 28.7 Å². The van der Waals surface area contributed by atoms with Gasteiger partial charge in [-0.05, 0) is 218 Å². The van der Waals surface area contributed by atoms with Gasteiger partial charge >= 0.3 is 0 Å². The summed E-state index contributed by atoms with van der Waals surface area (Å²) in [5.41, 5.74) is 27.8. The van der Waals surface area contributed by atoms with Crippen LogP contribution in [0, 0.1) is 0 Å². The molecular weight excluding hydrogens is 1360 g/mol. The molecule has 6 nitrogen and oxygen atoms in total. The molecule has 0 saturated carbocycles. The number of fused-ring (bicyclic) bond motifs is 10. The van der Waals surface area contributed by atoms with E-state index in [4.69, 9.17) is 18.9 Å². The smallest absolute Gasteiger partial charge is 0.260 e. The second kappa shape index (κ2) is 26.7. The van der Waals surface area contributed by atoms with Crippen LogP contribution in [0.25, 0.3) is 99.4 Å².